The van der Waals surface area contributed by atoms with E-state index < -0.39 is 0 Å². The van der Waals surface area contributed by atoms with Crippen LogP contribution in [0.1, 0.15) is 71.1 Å². The lowest BCUT2D eigenvalue weighted by atomic mass is 10.1. The van der Waals surface area contributed by atoms with Gasteiger partial charge in [0.2, 0.25) is 5.24 Å². The van der Waals surface area contributed by atoms with Crippen LogP contribution in [0.25, 0.3) is 0 Å². The van der Waals surface area contributed by atoms with Crippen molar-refractivity contribution in [1.29, 1.82) is 0 Å². The lowest BCUT2D eigenvalue weighted by molar-refractivity contribution is -0.111. The van der Waals surface area contributed by atoms with E-state index in [0.29, 0.717) is 6.42 Å². The Morgan fingerprint density at radius 3 is 1.70 bits per heavy atom. The third-order valence-corrected chi connectivity index (χ3v) is 3.23. The van der Waals surface area contributed by atoms with E-state index in [1.807, 2.05) is 18.2 Å². The van der Waals surface area contributed by atoms with E-state index in [1.165, 1.54) is 44.9 Å². The van der Waals surface area contributed by atoms with E-state index in [1.54, 1.807) is 12.4 Å². The van der Waals surface area contributed by atoms with Crippen LogP contribution in [0.4, 0.5) is 0 Å². The van der Waals surface area contributed by atoms with Crippen LogP contribution in [0.15, 0.2) is 30.6 Å². The van der Waals surface area contributed by atoms with Crippen LogP contribution in [0.2, 0.25) is 0 Å². The molecule has 3 heteroatoms. The maximum Gasteiger partial charge on any atom is 0.221 e. The number of rotatable bonds is 10. The van der Waals surface area contributed by atoms with E-state index in [2.05, 4.69) is 11.9 Å². The van der Waals surface area contributed by atoms with Gasteiger partial charge in [-0.1, -0.05) is 64.4 Å². The fourth-order valence-electron chi connectivity index (χ4n) is 1.89. The van der Waals surface area contributed by atoms with E-state index in [9.17, 15) is 4.79 Å². The monoisotopic (exact) mass is 297 g/mol. The Balaban J connectivity index is 0.000000493. The Morgan fingerprint density at radius 1 is 0.850 bits per heavy atom. The number of halogens is 1. The van der Waals surface area contributed by atoms with E-state index in [4.69, 9.17) is 11.6 Å². The van der Waals surface area contributed by atoms with Crippen molar-refractivity contribution < 1.29 is 4.79 Å². The van der Waals surface area contributed by atoms with Crippen LogP contribution < -0.4 is 0 Å². The molecule has 0 aromatic carbocycles. The van der Waals surface area contributed by atoms with Crippen LogP contribution in [-0.4, -0.2) is 10.2 Å². The van der Waals surface area contributed by atoms with Crippen LogP contribution in [0.5, 0.6) is 0 Å². The Morgan fingerprint density at radius 2 is 1.35 bits per heavy atom. The van der Waals surface area contributed by atoms with Crippen LogP contribution in [0, 0.1) is 0 Å². The van der Waals surface area contributed by atoms with Gasteiger partial charge in [-0.2, -0.15) is 0 Å². The van der Waals surface area contributed by atoms with Crippen molar-refractivity contribution in [1.82, 2.24) is 4.98 Å². The molecule has 0 saturated heterocycles. The summed E-state index contributed by atoms with van der Waals surface area (Å²) in [4.78, 5) is 14.2. The molecule has 0 unspecified atom stereocenters. The number of aromatic nitrogens is 1. The summed E-state index contributed by atoms with van der Waals surface area (Å²) in [6.07, 6.45) is 15.6. The molecule has 0 aliphatic rings. The molecule has 0 radical (unpaired) electrons. The Bertz CT molecular complexity index is 276. The third kappa shape index (κ3) is 17.1. The number of carbonyl (C=O) groups is 1. The second-order valence-electron chi connectivity index (χ2n) is 4.96. The molecule has 0 bridgehead atoms. The smallest absolute Gasteiger partial charge is 0.221 e. The van der Waals surface area contributed by atoms with Crippen LogP contribution in [-0.2, 0) is 4.79 Å². The summed E-state index contributed by atoms with van der Waals surface area (Å²) in [6.45, 7) is 2.24. The molecule has 1 aromatic heterocycles. The van der Waals surface area contributed by atoms with Crippen molar-refractivity contribution in [3.63, 3.8) is 0 Å². The molecular formula is C17H28ClNO. The molecule has 1 rings (SSSR count). The molecule has 0 aliphatic heterocycles. The molecule has 114 valence electrons. The Hall–Kier alpha value is -0.890. The normalized spacial score (nSPS) is 9.70. The third-order valence-electron chi connectivity index (χ3n) is 3.04. The highest BCUT2D eigenvalue weighted by Gasteiger charge is 1.95. The zero-order valence-electron chi connectivity index (χ0n) is 12.7. The van der Waals surface area contributed by atoms with Crippen molar-refractivity contribution in [3.8, 4) is 0 Å². The largest absolute Gasteiger partial charge is 0.281 e. The Labute approximate surface area is 129 Å². The van der Waals surface area contributed by atoms with Gasteiger partial charge in [0.25, 0.3) is 0 Å². The SMILES string of the molecule is CCCCCCCCCCCC(=O)Cl.c1ccncc1. The summed E-state index contributed by atoms with van der Waals surface area (Å²) in [5.41, 5.74) is 0. The average molecular weight is 298 g/mol. The Kier molecular flexibility index (Phi) is 15.4. The van der Waals surface area contributed by atoms with Crippen molar-refractivity contribution in [2.24, 2.45) is 0 Å². The van der Waals surface area contributed by atoms with Crippen molar-refractivity contribution in [3.05, 3.63) is 30.6 Å². The minimum atomic E-state index is -0.187. The lowest BCUT2D eigenvalue weighted by Gasteiger charge is -2.00. The van der Waals surface area contributed by atoms with Gasteiger partial charge in [0.05, 0.1) is 0 Å². The molecule has 20 heavy (non-hydrogen) atoms. The molecule has 0 aliphatic carbocycles. The van der Waals surface area contributed by atoms with Crippen LogP contribution >= 0.6 is 11.6 Å². The number of hydrogen-bond acceptors (Lipinski definition) is 2. The predicted octanol–water partition coefficient (Wildman–Crippen LogP) is 5.75. The highest BCUT2D eigenvalue weighted by Crippen LogP contribution is 2.10. The highest BCUT2D eigenvalue weighted by atomic mass is 35.5. The van der Waals surface area contributed by atoms with Gasteiger partial charge in [-0.15, -0.1) is 0 Å². The molecule has 0 saturated carbocycles. The van der Waals surface area contributed by atoms with Crippen molar-refractivity contribution >= 4 is 16.8 Å². The van der Waals surface area contributed by atoms with Crippen molar-refractivity contribution in [2.75, 3.05) is 0 Å². The molecule has 1 aromatic rings. The molecule has 2 nitrogen and oxygen atoms in total. The summed E-state index contributed by atoms with van der Waals surface area (Å²) >= 11 is 5.24. The topological polar surface area (TPSA) is 30.0 Å². The van der Waals surface area contributed by atoms with Crippen LogP contribution in [0.3, 0.4) is 0 Å². The number of hydrogen-bond donors (Lipinski definition) is 0. The first-order chi connectivity index (χ1) is 9.77. The second kappa shape index (κ2) is 16.2. The van der Waals surface area contributed by atoms with Crippen molar-refractivity contribution in [2.45, 2.75) is 71.1 Å². The number of pyridine rings is 1. The predicted molar refractivity (Wildman–Crippen MR) is 86.9 cm³/mol. The molecule has 1 heterocycles. The number of unbranched alkanes of at least 4 members (excludes halogenated alkanes) is 8. The van der Waals surface area contributed by atoms with Gasteiger partial charge in [-0.05, 0) is 30.2 Å². The first-order valence-corrected chi connectivity index (χ1v) is 8.18. The van der Waals surface area contributed by atoms with Gasteiger partial charge in [0.1, 0.15) is 0 Å². The number of nitrogens with zero attached hydrogens (tertiary/aromatic N) is 1. The summed E-state index contributed by atoms with van der Waals surface area (Å²) in [5.74, 6) is 0. The van der Waals surface area contributed by atoms with Gasteiger partial charge in [-0.25, -0.2) is 0 Å². The maximum absolute atomic E-state index is 10.4. The minimum Gasteiger partial charge on any atom is -0.281 e. The first kappa shape index (κ1) is 19.1. The van der Waals surface area contributed by atoms with E-state index >= 15 is 0 Å². The maximum atomic E-state index is 10.4. The molecule has 0 fully saturated rings. The fraction of sp³-hybridized carbons (Fsp3) is 0.647. The van der Waals surface area contributed by atoms with Gasteiger partial charge in [-0.3, -0.25) is 9.78 Å². The lowest BCUT2D eigenvalue weighted by Crippen LogP contribution is -1.86. The van der Waals surface area contributed by atoms with Gasteiger partial charge in [0.15, 0.2) is 0 Å². The molecule has 0 amide bonds. The minimum absolute atomic E-state index is 0.187. The molecule has 0 atom stereocenters. The van der Waals surface area contributed by atoms with Gasteiger partial charge in [0, 0.05) is 18.8 Å². The first-order valence-electron chi connectivity index (χ1n) is 7.80. The molecule has 0 N–H and O–H groups in total. The standard InChI is InChI=1S/C12H23ClO.C5H5N/c1-2-3-4-5-6-7-8-9-10-11-12(13)14;1-2-4-6-5-3-1/h2-11H2,1H3;1-5H. The quantitative estimate of drug-likeness (QED) is 0.406. The summed E-state index contributed by atoms with van der Waals surface area (Å²) in [6, 6.07) is 5.72. The van der Waals surface area contributed by atoms with Gasteiger partial charge >= 0.3 is 0 Å². The van der Waals surface area contributed by atoms with E-state index in [0.717, 1.165) is 12.8 Å². The zero-order valence-corrected chi connectivity index (χ0v) is 13.4. The fourth-order valence-corrected chi connectivity index (χ4v) is 2.02. The highest BCUT2D eigenvalue weighted by molar-refractivity contribution is 6.63. The second-order valence-corrected chi connectivity index (χ2v) is 5.38. The number of carbonyl (C=O) groups excluding carboxylic acids is 1. The molecule has 0 spiro atoms. The molecular weight excluding hydrogens is 270 g/mol. The summed E-state index contributed by atoms with van der Waals surface area (Å²) in [7, 11) is 0. The average Bonchev–Trinajstić information content (AvgIpc) is 2.48. The zero-order chi connectivity index (χ0) is 14.9. The summed E-state index contributed by atoms with van der Waals surface area (Å²) < 4.78 is 0. The summed E-state index contributed by atoms with van der Waals surface area (Å²) in [5, 5.41) is -0.187. The van der Waals surface area contributed by atoms with E-state index in [-0.39, 0.29) is 5.24 Å². The van der Waals surface area contributed by atoms with Gasteiger partial charge < -0.3 is 0 Å².